The van der Waals surface area contributed by atoms with E-state index in [1.165, 1.54) is 19.2 Å². The molecule has 0 fully saturated rings. The van der Waals surface area contributed by atoms with E-state index in [0.717, 1.165) is 11.3 Å². The molecular formula is C6H6O4S2. The lowest BCUT2D eigenvalue weighted by Crippen LogP contribution is -1.96. The number of carbonyl (C=O) groups is 1. The van der Waals surface area contributed by atoms with Gasteiger partial charge in [0.25, 0.3) is 0 Å². The van der Waals surface area contributed by atoms with Crippen molar-refractivity contribution in [1.82, 2.24) is 0 Å². The summed E-state index contributed by atoms with van der Waals surface area (Å²) >= 11 is -1.07. The van der Waals surface area contributed by atoms with Gasteiger partial charge in [-0.25, -0.2) is 9.00 Å². The summed E-state index contributed by atoms with van der Waals surface area (Å²) in [5.74, 6) is -0.489. The summed E-state index contributed by atoms with van der Waals surface area (Å²) in [7, 11) is 1.26. The van der Waals surface area contributed by atoms with Crippen LogP contribution in [0.3, 0.4) is 0 Å². The highest BCUT2D eigenvalue weighted by Crippen LogP contribution is 2.19. The average molecular weight is 206 g/mol. The van der Waals surface area contributed by atoms with Crippen LogP contribution in [0.25, 0.3) is 0 Å². The smallest absolute Gasteiger partial charge is 0.348 e. The van der Waals surface area contributed by atoms with E-state index < -0.39 is 17.0 Å². The molecule has 1 aromatic rings. The van der Waals surface area contributed by atoms with Crippen molar-refractivity contribution in [3.05, 3.63) is 17.0 Å². The number of carbonyl (C=O) groups excluding carboxylic acids is 1. The number of thiophene rings is 1. The summed E-state index contributed by atoms with van der Waals surface area (Å²) in [4.78, 5) is 11.2. The summed E-state index contributed by atoms with van der Waals surface area (Å²) in [6.45, 7) is 0. The van der Waals surface area contributed by atoms with Gasteiger partial charge in [0.2, 0.25) is 0 Å². The highest BCUT2D eigenvalue weighted by Gasteiger charge is 2.11. The van der Waals surface area contributed by atoms with Gasteiger partial charge in [-0.15, -0.1) is 11.3 Å². The summed E-state index contributed by atoms with van der Waals surface area (Å²) < 4.78 is 23.8. The molecule has 0 aliphatic carbocycles. The molecule has 0 aromatic carbocycles. The molecule has 1 unspecified atom stereocenters. The summed E-state index contributed by atoms with van der Waals surface area (Å²) in [6, 6.07) is 2.88. The Bertz CT molecular complexity index is 317. The number of hydrogen-bond donors (Lipinski definition) is 1. The van der Waals surface area contributed by atoms with Crippen LogP contribution in [0.1, 0.15) is 9.67 Å². The molecule has 66 valence electrons. The summed E-state index contributed by atoms with van der Waals surface area (Å²) in [6.07, 6.45) is 0. The van der Waals surface area contributed by atoms with Gasteiger partial charge in [0.05, 0.1) is 7.11 Å². The molecule has 1 heterocycles. The van der Waals surface area contributed by atoms with Gasteiger partial charge in [-0.3, -0.25) is 0 Å². The molecule has 1 rings (SSSR count). The minimum absolute atomic E-state index is 0.246. The van der Waals surface area contributed by atoms with Crippen LogP contribution in [0, 0.1) is 0 Å². The third-order valence-corrected chi connectivity index (χ3v) is 3.16. The molecule has 12 heavy (non-hydrogen) atoms. The Morgan fingerprint density at radius 3 is 2.75 bits per heavy atom. The fourth-order valence-corrected chi connectivity index (χ4v) is 2.02. The van der Waals surface area contributed by atoms with Gasteiger partial charge >= 0.3 is 5.97 Å². The summed E-state index contributed by atoms with van der Waals surface area (Å²) in [5.41, 5.74) is 0. The van der Waals surface area contributed by atoms with Crippen LogP contribution in [0.4, 0.5) is 0 Å². The van der Waals surface area contributed by atoms with Gasteiger partial charge in [0.1, 0.15) is 9.09 Å². The van der Waals surface area contributed by atoms with Crippen LogP contribution >= 0.6 is 11.3 Å². The number of rotatable bonds is 2. The largest absolute Gasteiger partial charge is 0.465 e. The maximum Gasteiger partial charge on any atom is 0.348 e. The molecular weight excluding hydrogens is 200 g/mol. The van der Waals surface area contributed by atoms with E-state index in [0.29, 0.717) is 4.88 Å². The van der Waals surface area contributed by atoms with E-state index >= 15 is 0 Å². The number of methoxy groups -OCH3 is 1. The second-order valence-electron chi connectivity index (χ2n) is 1.86. The van der Waals surface area contributed by atoms with E-state index in [2.05, 4.69) is 4.74 Å². The fourth-order valence-electron chi connectivity index (χ4n) is 0.624. The van der Waals surface area contributed by atoms with Gasteiger partial charge < -0.3 is 9.29 Å². The van der Waals surface area contributed by atoms with Crippen molar-refractivity contribution in [3.63, 3.8) is 0 Å². The van der Waals surface area contributed by atoms with Crippen LogP contribution in [-0.2, 0) is 15.8 Å². The molecule has 4 nitrogen and oxygen atoms in total. The molecule has 0 saturated carbocycles. The van der Waals surface area contributed by atoms with E-state index in [9.17, 15) is 9.00 Å². The zero-order valence-electron chi connectivity index (χ0n) is 6.14. The Morgan fingerprint density at radius 2 is 2.33 bits per heavy atom. The normalized spacial score (nSPS) is 12.5. The SMILES string of the molecule is COC(=O)c1ccc(S(=O)O)s1. The number of esters is 1. The van der Waals surface area contributed by atoms with Gasteiger partial charge in [-0.05, 0) is 12.1 Å². The Labute approximate surface area is 75.5 Å². The van der Waals surface area contributed by atoms with Crippen LogP contribution in [-0.4, -0.2) is 21.8 Å². The molecule has 1 atom stereocenters. The quantitative estimate of drug-likeness (QED) is 0.581. The predicted molar refractivity (Wildman–Crippen MR) is 44.7 cm³/mol. The molecule has 0 bridgehead atoms. The van der Waals surface area contributed by atoms with E-state index in [1.807, 2.05) is 0 Å². The van der Waals surface area contributed by atoms with Gasteiger partial charge in [-0.2, -0.15) is 0 Å². The van der Waals surface area contributed by atoms with E-state index in [1.54, 1.807) is 0 Å². The minimum atomic E-state index is -2.02. The van der Waals surface area contributed by atoms with Crippen LogP contribution in [0.15, 0.2) is 16.3 Å². The molecule has 1 N–H and O–H groups in total. The maximum absolute atomic E-state index is 10.9. The van der Waals surface area contributed by atoms with E-state index in [4.69, 9.17) is 4.55 Å². The predicted octanol–water partition coefficient (Wildman–Crippen LogP) is 1.12. The Kier molecular flexibility index (Phi) is 2.96. The molecule has 0 amide bonds. The van der Waals surface area contributed by atoms with Gasteiger partial charge in [0.15, 0.2) is 11.1 Å². The Morgan fingerprint density at radius 1 is 1.67 bits per heavy atom. The van der Waals surface area contributed by atoms with Crippen molar-refractivity contribution >= 4 is 28.4 Å². The number of hydrogen-bond acceptors (Lipinski definition) is 4. The molecule has 0 spiro atoms. The summed E-state index contributed by atoms with van der Waals surface area (Å²) in [5, 5.41) is 0. The monoisotopic (exact) mass is 206 g/mol. The molecule has 0 radical (unpaired) electrons. The minimum Gasteiger partial charge on any atom is -0.465 e. The maximum atomic E-state index is 10.9. The molecule has 0 saturated heterocycles. The first-order chi connectivity index (χ1) is 5.65. The molecule has 1 aromatic heterocycles. The second-order valence-corrected chi connectivity index (χ2v) is 4.14. The second kappa shape index (κ2) is 3.79. The van der Waals surface area contributed by atoms with Crippen molar-refractivity contribution < 1.29 is 18.3 Å². The molecule has 0 aliphatic heterocycles. The highest BCUT2D eigenvalue weighted by atomic mass is 32.2. The van der Waals surface area contributed by atoms with Crippen molar-refractivity contribution in [1.29, 1.82) is 0 Å². The lowest BCUT2D eigenvalue weighted by Gasteiger charge is -1.91. The van der Waals surface area contributed by atoms with Crippen molar-refractivity contribution in [3.8, 4) is 0 Å². The lowest BCUT2D eigenvalue weighted by atomic mass is 10.5. The zero-order valence-corrected chi connectivity index (χ0v) is 7.78. The fraction of sp³-hybridized carbons (Fsp3) is 0.167. The Balaban J connectivity index is 2.91. The van der Waals surface area contributed by atoms with Crippen molar-refractivity contribution in [2.75, 3.05) is 7.11 Å². The number of ether oxygens (including phenoxy) is 1. The molecule has 6 heteroatoms. The van der Waals surface area contributed by atoms with E-state index in [-0.39, 0.29) is 4.21 Å². The topological polar surface area (TPSA) is 63.6 Å². The van der Waals surface area contributed by atoms with Crippen LogP contribution in [0.2, 0.25) is 0 Å². The first-order valence-corrected chi connectivity index (χ1v) is 4.86. The van der Waals surface area contributed by atoms with Crippen molar-refractivity contribution in [2.45, 2.75) is 4.21 Å². The molecule has 0 aliphatic rings. The standard InChI is InChI=1S/C6H6O4S2/c1-10-6(7)4-2-3-5(11-4)12(8)9/h2-3H,1H3,(H,8,9). The van der Waals surface area contributed by atoms with Crippen molar-refractivity contribution in [2.24, 2.45) is 0 Å². The lowest BCUT2D eigenvalue weighted by molar-refractivity contribution is 0.0606. The third kappa shape index (κ3) is 1.90. The van der Waals surface area contributed by atoms with Crippen LogP contribution in [0.5, 0.6) is 0 Å². The van der Waals surface area contributed by atoms with Crippen LogP contribution < -0.4 is 0 Å². The van der Waals surface area contributed by atoms with Gasteiger partial charge in [0, 0.05) is 0 Å². The first kappa shape index (κ1) is 9.37. The highest BCUT2D eigenvalue weighted by molar-refractivity contribution is 7.81. The van der Waals surface area contributed by atoms with Gasteiger partial charge in [-0.1, -0.05) is 0 Å². The zero-order chi connectivity index (χ0) is 9.14. The Hall–Kier alpha value is -0.720. The third-order valence-electron chi connectivity index (χ3n) is 1.14. The first-order valence-electron chi connectivity index (χ1n) is 2.94. The average Bonchev–Trinajstić information content (AvgIpc) is 2.51.